The van der Waals surface area contributed by atoms with Crippen LogP contribution < -0.4 is 10.6 Å². The van der Waals surface area contributed by atoms with Crippen molar-refractivity contribution in [2.75, 3.05) is 6.54 Å². The van der Waals surface area contributed by atoms with Crippen LogP contribution >= 0.6 is 0 Å². The third-order valence-electron chi connectivity index (χ3n) is 3.81. The Labute approximate surface area is 139 Å². The van der Waals surface area contributed by atoms with Crippen molar-refractivity contribution in [1.82, 2.24) is 15.2 Å². The highest BCUT2D eigenvalue weighted by Gasteiger charge is 2.10. The number of rotatable bonds is 6. The average Bonchev–Trinajstić information content (AvgIpc) is 3.20. The molecule has 2 heterocycles. The van der Waals surface area contributed by atoms with E-state index in [1.807, 2.05) is 41.8 Å². The second kappa shape index (κ2) is 7.04. The summed E-state index contributed by atoms with van der Waals surface area (Å²) < 4.78 is 7.06. The maximum absolute atomic E-state index is 12.1. The Balaban J connectivity index is 1.51. The summed E-state index contributed by atoms with van der Waals surface area (Å²) in [6.45, 7) is 2.40. The fraction of sp³-hybridized carbons (Fsp3) is 0.222. The van der Waals surface area contributed by atoms with Gasteiger partial charge in [-0.05, 0) is 36.6 Å². The number of benzene rings is 1. The Morgan fingerprint density at radius 3 is 2.71 bits per heavy atom. The highest BCUT2D eigenvalue weighted by Crippen LogP contribution is 2.18. The van der Waals surface area contributed by atoms with Gasteiger partial charge in [0.15, 0.2) is 0 Å². The van der Waals surface area contributed by atoms with Crippen molar-refractivity contribution >= 4 is 22.7 Å². The molecule has 0 aliphatic carbocycles. The van der Waals surface area contributed by atoms with E-state index in [1.165, 1.54) is 0 Å². The van der Waals surface area contributed by atoms with Crippen LogP contribution in [0.3, 0.4) is 0 Å². The number of aromatic nitrogens is 1. The lowest BCUT2D eigenvalue weighted by molar-refractivity contribution is -0.126. The molecule has 2 amide bonds. The topological polar surface area (TPSA) is 76.3 Å². The molecule has 6 heteroatoms. The monoisotopic (exact) mass is 325 g/mol. The van der Waals surface area contributed by atoms with E-state index in [1.54, 1.807) is 18.4 Å². The van der Waals surface area contributed by atoms with Gasteiger partial charge in [-0.2, -0.15) is 0 Å². The van der Waals surface area contributed by atoms with Crippen LogP contribution in [-0.2, 0) is 22.7 Å². The van der Waals surface area contributed by atoms with E-state index in [0.717, 1.165) is 16.6 Å². The van der Waals surface area contributed by atoms with Crippen molar-refractivity contribution < 1.29 is 14.0 Å². The predicted molar refractivity (Wildman–Crippen MR) is 90.2 cm³/mol. The summed E-state index contributed by atoms with van der Waals surface area (Å²) in [6, 6.07) is 13.5. The SMILES string of the molecule is Cc1cc2ccccc2n1CC(=O)NCC(=O)NCc1ccco1. The number of hydrogen-bond acceptors (Lipinski definition) is 3. The zero-order valence-corrected chi connectivity index (χ0v) is 13.4. The van der Waals surface area contributed by atoms with Gasteiger partial charge in [0.2, 0.25) is 11.8 Å². The second-order valence-electron chi connectivity index (χ2n) is 5.56. The molecular formula is C18H19N3O3. The van der Waals surface area contributed by atoms with Gasteiger partial charge >= 0.3 is 0 Å². The molecule has 0 radical (unpaired) electrons. The molecule has 0 aliphatic rings. The van der Waals surface area contributed by atoms with Gasteiger partial charge in [0.05, 0.1) is 19.4 Å². The van der Waals surface area contributed by atoms with E-state index in [2.05, 4.69) is 10.6 Å². The Kier molecular flexibility index (Phi) is 4.65. The molecule has 24 heavy (non-hydrogen) atoms. The first-order chi connectivity index (χ1) is 11.6. The van der Waals surface area contributed by atoms with Crippen LogP contribution in [0.5, 0.6) is 0 Å². The van der Waals surface area contributed by atoms with Gasteiger partial charge in [-0.15, -0.1) is 0 Å². The Morgan fingerprint density at radius 2 is 1.92 bits per heavy atom. The maximum atomic E-state index is 12.1. The van der Waals surface area contributed by atoms with Crippen molar-refractivity contribution in [2.24, 2.45) is 0 Å². The largest absolute Gasteiger partial charge is 0.467 e. The molecule has 2 N–H and O–H groups in total. The van der Waals surface area contributed by atoms with E-state index >= 15 is 0 Å². The van der Waals surface area contributed by atoms with Crippen molar-refractivity contribution in [2.45, 2.75) is 20.0 Å². The molecule has 0 atom stereocenters. The van der Waals surface area contributed by atoms with Crippen LogP contribution in [0.2, 0.25) is 0 Å². The van der Waals surface area contributed by atoms with Gasteiger partial charge in [0.25, 0.3) is 0 Å². The zero-order chi connectivity index (χ0) is 16.9. The van der Waals surface area contributed by atoms with Gasteiger partial charge in [-0.1, -0.05) is 18.2 Å². The number of carbonyl (C=O) groups excluding carboxylic acids is 2. The lowest BCUT2D eigenvalue weighted by Crippen LogP contribution is -2.38. The summed E-state index contributed by atoms with van der Waals surface area (Å²) in [6.07, 6.45) is 1.55. The van der Waals surface area contributed by atoms with Crippen LogP contribution in [0.1, 0.15) is 11.5 Å². The molecule has 124 valence electrons. The Bertz CT molecular complexity index is 850. The number of fused-ring (bicyclic) bond motifs is 1. The number of hydrogen-bond donors (Lipinski definition) is 2. The molecule has 0 aliphatic heterocycles. The van der Waals surface area contributed by atoms with E-state index in [9.17, 15) is 9.59 Å². The van der Waals surface area contributed by atoms with Crippen LogP contribution in [-0.4, -0.2) is 22.9 Å². The molecule has 3 aromatic rings. The zero-order valence-electron chi connectivity index (χ0n) is 13.4. The standard InChI is InChI=1S/C18H19N3O3/c1-13-9-14-5-2-3-7-16(14)21(13)12-18(23)20-11-17(22)19-10-15-6-4-8-24-15/h2-9H,10-12H2,1H3,(H,19,22)(H,20,23). The summed E-state index contributed by atoms with van der Waals surface area (Å²) in [7, 11) is 0. The van der Waals surface area contributed by atoms with Crippen molar-refractivity contribution in [1.29, 1.82) is 0 Å². The molecule has 0 saturated carbocycles. The molecule has 0 bridgehead atoms. The molecule has 0 fully saturated rings. The summed E-state index contributed by atoms with van der Waals surface area (Å²) in [5.74, 6) is 0.213. The lowest BCUT2D eigenvalue weighted by Gasteiger charge is -2.09. The first-order valence-electron chi connectivity index (χ1n) is 7.74. The van der Waals surface area contributed by atoms with Gasteiger partial charge in [-0.3, -0.25) is 9.59 Å². The minimum Gasteiger partial charge on any atom is -0.467 e. The van der Waals surface area contributed by atoms with Crippen molar-refractivity contribution in [3.63, 3.8) is 0 Å². The number of amides is 2. The number of nitrogens with zero attached hydrogens (tertiary/aromatic N) is 1. The third-order valence-corrected chi connectivity index (χ3v) is 3.81. The van der Waals surface area contributed by atoms with Crippen molar-refractivity contribution in [3.8, 4) is 0 Å². The number of carbonyl (C=O) groups is 2. The number of aryl methyl sites for hydroxylation is 1. The summed E-state index contributed by atoms with van der Waals surface area (Å²) in [5, 5.41) is 6.42. The quantitative estimate of drug-likeness (QED) is 0.727. The first-order valence-corrected chi connectivity index (χ1v) is 7.74. The molecule has 6 nitrogen and oxygen atoms in total. The van der Waals surface area contributed by atoms with Crippen LogP contribution in [0.15, 0.2) is 53.1 Å². The highest BCUT2D eigenvalue weighted by atomic mass is 16.3. The molecular weight excluding hydrogens is 306 g/mol. The average molecular weight is 325 g/mol. The lowest BCUT2D eigenvalue weighted by atomic mass is 10.2. The fourth-order valence-electron chi connectivity index (χ4n) is 2.60. The molecule has 0 spiro atoms. The van der Waals surface area contributed by atoms with Crippen LogP contribution in [0.25, 0.3) is 10.9 Å². The molecule has 3 rings (SSSR count). The van der Waals surface area contributed by atoms with E-state index in [4.69, 9.17) is 4.42 Å². The predicted octanol–water partition coefficient (Wildman–Crippen LogP) is 1.98. The van der Waals surface area contributed by atoms with Gasteiger partial charge in [-0.25, -0.2) is 0 Å². The van der Waals surface area contributed by atoms with E-state index in [-0.39, 0.29) is 24.9 Å². The second-order valence-corrected chi connectivity index (χ2v) is 5.56. The highest BCUT2D eigenvalue weighted by molar-refractivity contribution is 5.87. The first kappa shape index (κ1) is 15.9. The minimum absolute atomic E-state index is 0.0577. The van der Waals surface area contributed by atoms with Crippen molar-refractivity contribution in [3.05, 3.63) is 60.2 Å². The Morgan fingerprint density at radius 1 is 1.08 bits per heavy atom. The van der Waals surface area contributed by atoms with Crippen LogP contribution in [0.4, 0.5) is 0 Å². The minimum atomic E-state index is -0.256. The summed E-state index contributed by atoms with van der Waals surface area (Å²) >= 11 is 0. The number of nitrogens with one attached hydrogen (secondary N) is 2. The summed E-state index contributed by atoms with van der Waals surface area (Å²) in [5.41, 5.74) is 2.01. The maximum Gasteiger partial charge on any atom is 0.240 e. The van der Waals surface area contributed by atoms with Gasteiger partial charge in [0, 0.05) is 11.2 Å². The van der Waals surface area contributed by atoms with Gasteiger partial charge in [0.1, 0.15) is 12.3 Å². The van der Waals surface area contributed by atoms with E-state index < -0.39 is 0 Å². The fourth-order valence-corrected chi connectivity index (χ4v) is 2.60. The molecule has 0 unspecified atom stereocenters. The Hall–Kier alpha value is -3.02. The number of furan rings is 1. The summed E-state index contributed by atoms with van der Waals surface area (Å²) in [4.78, 5) is 23.9. The molecule has 0 saturated heterocycles. The molecule has 1 aromatic carbocycles. The third kappa shape index (κ3) is 3.65. The van der Waals surface area contributed by atoms with Crippen LogP contribution in [0, 0.1) is 6.92 Å². The van der Waals surface area contributed by atoms with E-state index in [0.29, 0.717) is 12.3 Å². The smallest absolute Gasteiger partial charge is 0.240 e. The number of para-hydroxylation sites is 1. The molecule has 2 aromatic heterocycles. The normalized spacial score (nSPS) is 10.7. The van der Waals surface area contributed by atoms with Gasteiger partial charge < -0.3 is 19.6 Å².